The third-order valence-corrected chi connectivity index (χ3v) is 2.85. The van der Waals surface area contributed by atoms with Gasteiger partial charge in [0.25, 0.3) is 0 Å². The number of aromatic nitrogens is 1. The van der Waals surface area contributed by atoms with Gasteiger partial charge in [0.1, 0.15) is 0 Å². The number of nitrogens with one attached hydrogen (secondary N) is 1. The maximum atomic E-state index is 4.46. The van der Waals surface area contributed by atoms with Crippen LogP contribution in [0.25, 0.3) is 0 Å². The largest absolute Gasteiger partial charge is 0.306 e. The summed E-state index contributed by atoms with van der Waals surface area (Å²) >= 11 is 0. The van der Waals surface area contributed by atoms with Crippen LogP contribution >= 0.6 is 0 Å². The van der Waals surface area contributed by atoms with E-state index in [1.807, 2.05) is 12.3 Å². The molecule has 0 radical (unpaired) electrons. The topological polar surface area (TPSA) is 24.9 Å². The van der Waals surface area contributed by atoms with Gasteiger partial charge in [-0.2, -0.15) is 0 Å². The van der Waals surface area contributed by atoms with Gasteiger partial charge in [-0.25, -0.2) is 0 Å². The fourth-order valence-electron chi connectivity index (χ4n) is 1.79. The van der Waals surface area contributed by atoms with E-state index in [0.29, 0.717) is 18.0 Å². The van der Waals surface area contributed by atoms with Gasteiger partial charge in [-0.05, 0) is 37.8 Å². The molecule has 2 atom stereocenters. The lowest BCUT2D eigenvalue weighted by Crippen LogP contribution is -2.31. The van der Waals surface area contributed by atoms with E-state index in [2.05, 4.69) is 50.1 Å². The van der Waals surface area contributed by atoms with E-state index in [1.165, 1.54) is 0 Å². The van der Waals surface area contributed by atoms with Crippen molar-refractivity contribution in [3.63, 3.8) is 0 Å². The Morgan fingerprint density at radius 1 is 1.25 bits per heavy atom. The van der Waals surface area contributed by atoms with Gasteiger partial charge in [0, 0.05) is 18.3 Å². The van der Waals surface area contributed by atoms with Crippen molar-refractivity contribution in [2.75, 3.05) is 0 Å². The van der Waals surface area contributed by atoms with E-state index in [4.69, 9.17) is 0 Å². The molecule has 0 saturated carbocycles. The standard InChI is InChI=1S/C14H24N2/c1-5-12(4)16-14(10-11(2)3)13-8-6-7-9-15-13/h6-9,11-12,14,16H,5,10H2,1-4H3. The fourth-order valence-corrected chi connectivity index (χ4v) is 1.79. The Bertz CT molecular complexity index is 282. The Morgan fingerprint density at radius 3 is 2.50 bits per heavy atom. The van der Waals surface area contributed by atoms with Gasteiger partial charge in [-0.1, -0.05) is 26.8 Å². The molecule has 1 heterocycles. The molecule has 2 unspecified atom stereocenters. The van der Waals surface area contributed by atoms with E-state index in [-0.39, 0.29) is 0 Å². The predicted molar refractivity (Wildman–Crippen MR) is 69.3 cm³/mol. The zero-order valence-electron chi connectivity index (χ0n) is 10.9. The summed E-state index contributed by atoms with van der Waals surface area (Å²) < 4.78 is 0. The molecule has 0 saturated heterocycles. The molecule has 16 heavy (non-hydrogen) atoms. The molecule has 1 aromatic heterocycles. The van der Waals surface area contributed by atoms with Crippen LogP contribution in [0, 0.1) is 5.92 Å². The van der Waals surface area contributed by atoms with Gasteiger partial charge in [0.2, 0.25) is 0 Å². The van der Waals surface area contributed by atoms with Gasteiger partial charge in [0.15, 0.2) is 0 Å². The molecular weight excluding hydrogens is 196 g/mol. The predicted octanol–water partition coefficient (Wildman–Crippen LogP) is 3.56. The van der Waals surface area contributed by atoms with E-state index in [0.717, 1.165) is 18.5 Å². The van der Waals surface area contributed by atoms with E-state index in [9.17, 15) is 0 Å². The maximum absolute atomic E-state index is 4.46. The van der Waals surface area contributed by atoms with E-state index < -0.39 is 0 Å². The highest BCUT2D eigenvalue weighted by atomic mass is 15.0. The number of hydrogen-bond donors (Lipinski definition) is 1. The van der Waals surface area contributed by atoms with Crippen LogP contribution in [0.4, 0.5) is 0 Å². The molecule has 1 rings (SSSR count). The number of pyridine rings is 1. The monoisotopic (exact) mass is 220 g/mol. The molecule has 2 heteroatoms. The average Bonchev–Trinajstić information content (AvgIpc) is 2.28. The SMILES string of the molecule is CCC(C)NC(CC(C)C)c1ccccn1. The summed E-state index contributed by atoms with van der Waals surface area (Å²) in [5, 5.41) is 3.65. The lowest BCUT2D eigenvalue weighted by atomic mass is 9.99. The van der Waals surface area contributed by atoms with Crippen molar-refractivity contribution in [1.29, 1.82) is 0 Å². The Morgan fingerprint density at radius 2 is 2.00 bits per heavy atom. The Labute approximate surface area is 99.5 Å². The highest BCUT2D eigenvalue weighted by Crippen LogP contribution is 2.20. The van der Waals surface area contributed by atoms with Crippen LogP contribution in [0.2, 0.25) is 0 Å². The van der Waals surface area contributed by atoms with Crippen molar-refractivity contribution in [3.05, 3.63) is 30.1 Å². The molecule has 0 amide bonds. The molecule has 1 aromatic rings. The Kier molecular flexibility index (Phi) is 5.47. The summed E-state index contributed by atoms with van der Waals surface area (Å²) in [5.74, 6) is 0.684. The van der Waals surface area contributed by atoms with Crippen molar-refractivity contribution in [2.24, 2.45) is 5.92 Å². The second-order valence-electron chi connectivity index (χ2n) is 4.91. The van der Waals surface area contributed by atoms with Crippen LogP contribution in [0.3, 0.4) is 0 Å². The van der Waals surface area contributed by atoms with Crippen LogP contribution in [-0.2, 0) is 0 Å². The second-order valence-corrected chi connectivity index (χ2v) is 4.91. The Balaban J connectivity index is 2.71. The number of hydrogen-bond acceptors (Lipinski definition) is 2. The normalized spacial score (nSPS) is 15.1. The quantitative estimate of drug-likeness (QED) is 0.793. The number of nitrogens with zero attached hydrogens (tertiary/aromatic N) is 1. The van der Waals surface area contributed by atoms with Crippen LogP contribution in [0.1, 0.15) is 52.3 Å². The van der Waals surface area contributed by atoms with Gasteiger partial charge >= 0.3 is 0 Å². The van der Waals surface area contributed by atoms with Crippen LogP contribution in [0.5, 0.6) is 0 Å². The van der Waals surface area contributed by atoms with Crippen molar-refractivity contribution < 1.29 is 0 Å². The molecule has 0 fully saturated rings. The van der Waals surface area contributed by atoms with Crippen molar-refractivity contribution in [3.8, 4) is 0 Å². The number of rotatable bonds is 6. The molecule has 0 aliphatic heterocycles. The third kappa shape index (κ3) is 4.31. The smallest absolute Gasteiger partial charge is 0.0573 e. The molecular formula is C14H24N2. The van der Waals surface area contributed by atoms with Gasteiger partial charge in [-0.3, -0.25) is 4.98 Å². The minimum Gasteiger partial charge on any atom is -0.306 e. The van der Waals surface area contributed by atoms with Gasteiger partial charge < -0.3 is 5.32 Å². The molecule has 0 aliphatic carbocycles. The molecule has 2 nitrogen and oxygen atoms in total. The van der Waals surface area contributed by atoms with Crippen molar-refractivity contribution in [1.82, 2.24) is 10.3 Å². The van der Waals surface area contributed by atoms with E-state index >= 15 is 0 Å². The molecule has 0 aliphatic rings. The maximum Gasteiger partial charge on any atom is 0.0573 e. The molecule has 0 bridgehead atoms. The minimum atomic E-state index is 0.385. The highest BCUT2D eigenvalue weighted by molar-refractivity contribution is 5.09. The summed E-state index contributed by atoms with van der Waals surface area (Å²) in [6, 6.07) is 7.08. The summed E-state index contributed by atoms with van der Waals surface area (Å²) in [7, 11) is 0. The van der Waals surface area contributed by atoms with Crippen molar-refractivity contribution in [2.45, 2.75) is 52.6 Å². The lowest BCUT2D eigenvalue weighted by Gasteiger charge is -2.23. The first-order valence-corrected chi connectivity index (χ1v) is 6.30. The molecule has 0 spiro atoms. The minimum absolute atomic E-state index is 0.385. The van der Waals surface area contributed by atoms with E-state index in [1.54, 1.807) is 0 Å². The van der Waals surface area contributed by atoms with Crippen LogP contribution in [-0.4, -0.2) is 11.0 Å². The summed E-state index contributed by atoms with van der Waals surface area (Å²) in [6.07, 6.45) is 4.17. The fraction of sp³-hybridized carbons (Fsp3) is 0.643. The van der Waals surface area contributed by atoms with Crippen LogP contribution < -0.4 is 5.32 Å². The summed E-state index contributed by atoms with van der Waals surface area (Å²) in [4.78, 5) is 4.46. The summed E-state index contributed by atoms with van der Waals surface area (Å²) in [5.41, 5.74) is 1.16. The van der Waals surface area contributed by atoms with Crippen LogP contribution in [0.15, 0.2) is 24.4 Å². The highest BCUT2D eigenvalue weighted by Gasteiger charge is 2.15. The zero-order chi connectivity index (χ0) is 12.0. The second kappa shape index (κ2) is 6.64. The van der Waals surface area contributed by atoms with Gasteiger partial charge in [0.05, 0.1) is 5.69 Å². The van der Waals surface area contributed by atoms with Crippen molar-refractivity contribution >= 4 is 0 Å². The zero-order valence-corrected chi connectivity index (χ0v) is 10.9. The molecule has 90 valence electrons. The van der Waals surface area contributed by atoms with Gasteiger partial charge in [-0.15, -0.1) is 0 Å². The molecule has 0 aromatic carbocycles. The third-order valence-electron chi connectivity index (χ3n) is 2.85. The lowest BCUT2D eigenvalue weighted by molar-refractivity contribution is 0.378. The molecule has 1 N–H and O–H groups in total. The average molecular weight is 220 g/mol. The first kappa shape index (κ1) is 13.2. The first-order valence-electron chi connectivity index (χ1n) is 6.30. The Hall–Kier alpha value is -0.890. The summed E-state index contributed by atoms with van der Waals surface area (Å²) in [6.45, 7) is 8.96. The first-order chi connectivity index (χ1) is 7.63.